The topological polar surface area (TPSA) is 116 Å². The third kappa shape index (κ3) is 10.5. The second kappa shape index (κ2) is 17.8. The van der Waals surface area contributed by atoms with Gasteiger partial charge in [-0.1, -0.05) is 141 Å². The van der Waals surface area contributed by atoms with E-state index in [-0.39, 0.29) is 36.5 Å². The number of carbonyl (C=O) groups excluding carboxylic acids is 4. The molecule has 0 aliphatic rings. The molecule has 8 heteroatoms. The van der Waals surface area contributed by atoms with Gasteiger partial charge in [-0.15, -0.1) is 0 Å². The number of hydrogen-bond donors (Lipinski definition) is 4. The number of hydrazine groups is 2. The number of unbranched alkanes of at least 4 members (excludes halogenated alkanes) is 4. The van der Waals surface area contributed by atoms with Crippen molar-refractivity contribution in [3.05, 3.63) is 144 Å². The third-order valence-corrected chi connectivity index (χ3v) is 7.51. The highest BCUT2D eigenvalue weighted by Gasteiger charge is 2.24. The van der Waals surface area contributed by atoms with Gasteiger partial charge in [0.05, 0.1) is 11.8 Å². The van der Waals surface area contributed by atoms with E-state index in [0.717, 1.165) is 41.5 Å². The quantitative estimate of drug-likeness (QED) is 0.110. The summed E-state index contributed by atoms with van der Waals surface area (Å²) in [6.07, 6.45) is 4.44. The fourth-order valence-corrected chi connectivity index (χ4v) is 5.21. The van der Waals surface area contributed by atoms with Crippen LogP contribution in [0.2, 0.25) is 0 Å². The van der Waals surface area contributed by atoms with E-state index in [0.29, 0.717) is 12.8 Å². The van der Waals surface area contributed by atoms with E-state index in [2.05, 4.69) is 21.7 Å². The summed E-state index contributed by atoms with van der Waals surface area (Å²) in [5, 5.41) is 0. The molecule has 0 fully saturated rings. The van der Waals surface area contributed by atoms with E-state index in [4.69, 9.17) is 0 Å². The Morgan fingerprint density at radius 1 is 0.378 bits per heavy atom. The summed E-state index contributed by atoms with van der Waals surface area (Å²) in [4.78, 5) is 50.8. The standard InChI is InChI=1S/C37H40N4O4/c42-32(38-40-36(44)34(28-18-8-4-9-19-28)29-20-10-5-11-21-29)26-16-2-1-3-17-27-33(43)39-41-37(45)35(30-22-12-6-13-23-30)31-24-14-7-15-25-31/h4-15,18-25,34-35H,1-3,16-17,26-27H2,(H,38,42)(H,39,43)(H,40,44)(H,41,45). The first-order chi connectivity index (χ1) is 22.0. The van der Waals surface area contributed by atoms with Crippen LogP contribution in [0.25, 0.3) is 0 Å². The lowest BCUT2D eigenvalue weighted by molar-refractivity contribution is -0.129. The van der Waals surface area contributed by atoms with E-state index < -0.39 is 11.8 Å². The highest BCUT2D eigenvalue weighted by Crippen LogP contribution is 2.25. The van der Waals surface area contributed by atoms with Crippen LogP contribution >= 0.6 is 0 Å². The smallest absolute Gasteiger partial charge is 0.250 e. The van der Waals surface area contributed by atoms with Gasteiger partial charge in [-0.2, -0.15) is 0 Å². The largest absolute Gasteiger partial charge is 0.273 e. The Hall–Kier alpha value is -5.24. The SMILES string of the molecule is O=C(CCCCCCCC(=O)NNC(=O)C(c1ccccc1)c1ccccc1)NNC(=O)C(c1ccccc1)c1ccccc1. The van der Waals surface area contributed by atoms with Crippen molar-refractivity contribution in [3.8, 4) is 0 Å². The van der Waals surface area contributed by atoms with Gasteiger partial charge >= 0.3 is 0 Å². The molecule has 45 heavy (non-hydrogen) atoms. The molecule has 4 amide bonds. The molecule has 0 bridgehead atoms. The molecule has 0 saturated heterocycles. The van der Waals surface area contributed by atoms with Crippen molar-refractivity contribution in [1.82, 2.24) is 21.7 Å². The van der Waals surface area contributed by atoms with Crippen molar-refractivity contribution in [2.45, 2.75) is 56.8 Å². The molecule has 0 aliphatic heterocycles. The Morgan fingerprint density at radius 3 is 0.933 bits per heavy atom. The van der Waals surface area contributed by atoms with Crippen LogP contribution in [0.1, 0.15) is 79.0 Å². The minimum absolute atomic E-state index is 0.248. The van der Waals surface area contributed by atoms with E-state index in [1.165, 1.54) is 0 Å². The van der Waals surface area contributed by atoms with Crippen molar-refractivity contribution >= 4 is 23.6 Å². The van der Waals surface area contributed by atoms with E-state index >= 15 is 0 Å². The lowest BCUT2D eigenvalue weighted by Crippen LogP contribution is -2.44. The zero-order chi connectivity index (χ0) is 31.7. The number of rotatable bonds is 14. The summed E-state index contributed by atoms with van der Waals surface area (Å²) in [7, 11) is 0. The molecule has 8 nitrogen and oxygen atoms in total. The molecule has 232 valence electrons. The number of hydrogen-bond acceptors (Lipinski definition) is 4. The Labute approximate surface area is 264 Å². The highest BCUT2D eigenvalue weighted by atomic mass is 16.2. The van der Waals surface area contributed by atoms with Crippen molar-refractivity contribution in [2.75, 3.05) is 0 Å². The Balaban J connectivity index is 1.10. The van der Waals surface area contributed by atoms with Gasteiger partial charge in [0.1, 0.15) is 0 Å². The molecule has 0 heterocycles. The summed E-state index contributed by atoms with van der Waals surface area (Å²) in [5.41, 5.74) is 13.6. The fourth-order valence-electron chi connectivity index (χ4n) is 5.21. The summed E-state index contributed by atoms with van der Waals surface area (Å²) in [6.45, 7) is 0. The summed E-state index contributed by atoms with van der Waals surface area (Å²) >= 11 is 0. The minimum Gasteiger partial charge on any atom is -0.273 e. The maximum absolute atomic E-state index is 13.0. The van der Waals surface area contributed by atoms with E-state index in [1.54, 1.807) is 0 Å². The second-order valence-electron chi connectivity index (χ2n) is 10.9. The average molecular weight is 605 g/mol. The van der Waals surface area contributed by atoms with Crippen LogP contribution in [0.3, 0.4) is 0 Å². The van der Waals surface area contributed by atoms with Gasteiger partial charge in [-0.3, -0.25) is 40.9 Å². The molecule has 0 aliphatic carbocycles. The van der Waals surface area contributed by atoms with Crippen LogP contribution in [0, 0.1) is 0 Å². The number of nitrogens with one attached hydrogen (secondary N) is 4. The lowest BCUT2D eigenvalue weighted by Gasteiger charge is -2.18. The van der Waals surface area contributed by atoms with Crippen LogP contribution in [-0.4, -0.2) is 23.6 Å². The predicted molar refractivity (Wildman–Crippen MR) is 174 cm³/mol. The number of carbonyl (C=O) groups is 4. The van der Waals surface area contributed by atoms with Gasteiger partial charge in [0.25, 0.3) is 0 Å². The van der Waals surface area contributed by atoms with Crippen molar-refractivity contribution in [1.29, 1.82) is 0 Å². The van der Waals surface area contributed by atoms with Gasteiger partial charge < -0.3 is 0 Å². The first kappa shape index (κ1) is 32.7. The summed E-state index contributed by atoms with van der Waals surface area (Å²) in [5.74, 6) is -2.17. The predicted octanol–water partition coefficient (Wildman–Crippen LogP) is 5.68. The minimum atomic E-state index is -0.535. The molecule has 4 aromatic rings. The van der Waals surface area contributed by atoms with Crippen LogP contribution in [-0.2, 0) is 19.2 Å². The second-order valence-corrected chi connectivity index (χ2v) is 10.9. The molecule has 0 saturated carbocycles. The van der Waals surface area contributed by atoms with Crippen LogP contribution in [0.4, 0.5) is 0 Å². The van der Waals surface area contributed by atoms with Gasteiger partial charge in [-0.25, -0.2) is 0 Å². The molecule has 0 atom stereocenters. The molecular formula is C37H40N4O4. The Kier molecular flexibility index (Phi) is 12.9. The summed E-state index contributed by atoms with van der Waals surface area (Å²) < 4.78 is 0. The van der Waals surface area contributed by atoms with Crippen molar-refractivity contribution < 1.29 is 19.2 Å². The van der Waals surface area contributed by atoms with Crippen molar-refractivity contribution in [3.63, 3.8) is 0 Å². The van der Waals surface area contributed by atoms with Gasteiger partial charge in [-0.05, 0) is 35.1 Å². The Morgan fingerprint density at radius 2 is 0.644 bits per heavy atom. The first-order valence-electron chi connectivity index (χ1n) is 15.4. The first-order valence-corrected chi connectivity index (χ1v) is 15.4. The third-order valence-electron chi connectivity index (χ3n) is 7.51. The maximum atomic E-state index is 13.0. The molecule has 0 unspecified atom stereocenters. The van der Waals surface area contributed by atoms with Gasteiger partial charge in [0, 0.05) is 12.8 Å². The molecule has 4 N–H and O–H groups in total. The molecule has 4 aromatic carbocycles. The summed E-state index contributed by atoms with van der Waals surface area (Å²) in [6, 6.07) is 37.8. The Bertz CT molecular complexity index is 1300. The lowest BCUT2D eigenvalue weighted by atomic mass is 9.91. The molecular weight excluding hydrogens is 564 g/mol. The zero-order valence-corrected chi connectivity index (χ0v) is 25.3. The normalized spacial score (nSPS) is 10.7. The maximum Gasteiger partial charge on any atom is 0.250 e. The molecule has 0 aromatic heterocycles. The number of benzene rings is 4. The van der Waals surface area contributed by atoms with Crippen LogP contribution < -0.4 is 21.7 Å². The zero-order valence-electron chi connectivity index (χ0n) is 25.3. The van der Waals surface area contributed by atoms with E-state index in [1.807, 2.05) is 121 Å². The molecule has 0 spiro atoms. The van der Waals surface area contributed by atoms with E-state index in [9.17, 15) is 19.2 Å². The van der Waals surface area contributed by atoms with Gasteiger partial charge in [0.15, 0.2) is 0 Å². The number of amides is 4. The monoisotopic (exact) mass is 604 g/mol. The highest BCUT2D eigenvalue weighted by molar-refractivity contribution is 5.90. The van der Waals surface area contributed by atoms with Crippen LogP contribution in [0.5, 0.6) is 0 Å². The van der Waals surface area contributed by atoms with Crippen molar-refractivity contribution in [2.24, 2.45) is 0 Å². The average Bonchev–Trinajstić information content (AvgIpc) is 3.08. The molecule has 0 radical (unpaired) electrons. The molecule has 4 rings (SSSR count). The van der Waals surface area contributed by atoms with Crippen LogP contribution in [0.15, 0.2) is 121 Å². The fraction of sp³-hybridized carbons (Fsp3) is 0.243. The van der Waals surface area contributed by atoms with Gasteiger partial charge in [0.2, 0.25) is 23.6 Å².